The predicted molar refractivity (Wildman–Crippen MR) is 114 cm³/mol. The highest BCUT2D eigenvalue weighted by Gasteiger charge is 2.30. The number of hydrogen-bond acceptors (Lipinski definition) is 6. The molecule has 0 radical (unpaired) electrons. The minimum Gasteiger partial charge on any atom is -0.339 e. The number of alkyl halides is 3. The van der Waals surface area contributed by atoms with E-state index in [4.69, 9.17) is 4.52 Å². The zero-order valence-electron chi connectivity index (χ0n) is 17.0. The molecule has 0 spiro atoms. The molecule has 170 valence electrons. The summed E-state index contributed by atoms with van der Waals surface area (Å²) >= 11 is 0. The van der Waals surface area contributed by atoms with Crippen molar-refractivity contribution in [2.24, 2.45) is 0 Å². The summed E-state index contributed by atoms with van der Waals surface area (Å²) in [5, 5.41) is 3.93. The van der Waals surface area contributed by atoms with E-state index in [0.29, 0.717) is 17.1 Å². The quantitative estimate of drug-likeness (QED) is 0.418. The van der Waals surface area contributed by atoms with Crippen LogP contribution in [-0.2, 0) is 28.4 Å². The Hall–Kier alpha value is -3.73. The molecule has 0 aliphatic rings. The lowest BCUT2D eigenvalue weighted by atomic mass is 10.1. The van der Waals surface area contributed by atoms with Crippen LogP contribution in [0, 0.1) is 0 Å². The minimum atomic E-state index is -4.49. The topological polar surface area (TPSA) is 98.0 Å². The third-order valence-electron chi connectivity index (χ3n) is 4.67. The van der Waals surface area contributed by atoms with E-state index < -0.39 is 27.5 Å². The fourth-order valence-electron chi connectivity index (χ4n) is 3.09. The van der Waals surface area contributed by atoms with Gasteiger partial charge in [0.2, 0.25) is 21.7 Å². The molecule has 2 aromatic heterocycles. The van der Waals surface area contributed by atoms with E-state index in [1.807, 2.05) is 0 Å². The van der Waals surface area contributed by atoms with Gasteiger partial charge in [-0.1, -0.05) is 35.5 Å². The largest absolute Gasteiger partial charge is 0.416 e. The number of halogens is 3. The van der Waals surface area contributed by atoms with Crippen molar-refractivity contribution < 1.29 is 26.1 Å². The fraction of sp³-hybridized carbons (Fsp3) is 0.136. The summed E-state index contributed by atoms with van der Waals surface area (Å²) in [5.74, 6) is 0.190. The van der Waals surface area contributed by atoms with Crippen molar-refractivity contribution in [2.75, 3.05) is 4.72 Å². The first-order valence-electron chi connectivity index (χ1n) is 9.67. The molecule has 0 unspecified atom stereocenters. The lowest BCUT2D eigenvalue weighted by Gasteiger charge is -2.12. The molecule has 0 aliphatic carbocycles. The first-order chi connectivity index (χ1) is 15.7. The number of pyridine rings is 1. The molecule has 1 N–H and O–H groups in total. The number of benzene rings is 2. The van der Waals surface area contributed by atoms with E-state index in [-0.39, 0.29) is 17.9 Å². The van der Waals surface area contributed by atoms with Gasteiger partial charge in [0.05, 0.1) is 23.4 Å². The normalized spacial score (nSPS) is 12.0. The molecule has 0 amide bonds. The summed E-state index contributed by atoms with van der Waals surface area (Å²) in [7, 11) is -3.89. The van der Waals surface area contributed by atoms with Gasteiger partial charge in [-0.2, -0.15) is 18.2 Å². The van der Waals surface area contributed by atoms with Crippen molar-refractivity contribution in [2.45, 2.75) is 18.3 Å². The number of rotatable bonds is 7. The minimum absolute atomic E-state index is 0.178. The van der Waals surface area contributed by atoms with Crippen LogP contribution in [0.1, 0.15) is 22.6 Å². The van der Waals surface area contributed by atoms with Gasteiger partial charge in [-0.25, -0.2) is 8.42 Å². The molecule has 0 saturated carbocycles. The Labute approximate surface area is 187 Å². The van der Waals surface area contributed by atoms with Gasteiger partial charge in [-0.3, -0.25) is 9.71 Å². The number of nitrogens with one attached hydrogen (secondary N) is 1. The van der Waals surface area contributed by atoms with E-state index in [9.17, 15) is 21.6 Å². The van der Waals surface area contributed by atoms with Crippen LogP contribution >= 0.6 is 0 Å². The van der Waals surface area contributed by atoms with Crippen molar-refractivity contribution in [3.05, 3.63) is 95.6 Å². The molecule has 4 aromatic rings. The zero-order chi connectivity index (χ0) is 23.5. The zero-order valence-corrected chi connectivity index (χ0v) is 17.8. The fourth-order valence-corrected chi connectivity index (χ4v) is 4.33. The van der Waals surface area contributed by atoms with Crippen molar-refractivity contribution in [1.82, 2.24) is 15.1 Å². The van der Waals surface area contributed by atoms with E-state index in [1.165, 1.54) is 0 Å². The van der Waals surface area contributed by atoms with E-state index in [2.05, 4.69) is 19.8 Å². The lowest BCUT2D eigenvalue weighted by molar-refractivity contribution is -0.137. The number of para-hydroxylation sites is 1. The summed E-state index contributed by atoms with van der Waals surface area (Å²) in [5.41, 5.74) is 1.02. The van der Waals surface area contributed by atoms with Crippen molar-refractivity contribution in [3.63, 3.8) is 0 Å². The van der Waals surface area contributed by atoms with Gasteiger partial charge in [0, 0.05) is 18.0 Å². The van der Waals surface area contributed by atoms with Crippen LogP contribution in [0.3, 0.4) is 0 Å². The molecular weight excluding hydrogens is 457 g/mol. The van der Waals surface area contributed by atoms with Crippen LogP contribution in [-0.4, -0.2) is 23.5 Å². The molecule has 7 nitrogen and oxygen atoms in total. The van der Waals surface area contributed by atoms with Gasteiger partial charge in [-0.15, -0.1) is 0 Å². The Morgan fingerprint density at radius 2 is 1.64 bits per heavy atom. The Bertz CT molecular complexity index is 1340. The van der Waals surface area contributed by atoms with Crippen LogP contribution < -0.4 is 4.72 Å². The predicted octanol–water partition coefficient (Wildman–Crippen LogP) is 4.68. The molecule has 0 saturated heterocycles. The number of hydrogen-bond donors (Lipinski definition) is 1. The van der Waals surface area contributed by atoms with Crippen LogP contribution in [0.2, 0.25) is 0 Å². The summed E-state index contributed by atoms with van der Waals surface area (Å²) in [6.07, 6.45) is -1.10. The van der Waals surface area contributed by atoms with Crippen LogP contribution in [0.15, 0.2) is 77.6 Å². The highest BCUT2D eigenvalue weighted by atomic mass is 32.2. The molecule has 0 aliphatic heterocycles. The van der Waals surface area contributed by atoms with Crippen LogP contribution in [0.4, 0.5) is 18.9 Å². The molecule has 0 atom stereocenters. The summed E-state index contributed by atoms with van der Waals surface area (Å²) in [6.45, 7) is 0. The first-order valence-corrected chi connectivity index (χ1v) is 11.3. The third-order valence-corrected chi connectivity index (χ3v) is 5.91. The highest BCUT2D eigenvalue weighted by molar-refractivity contribution is 7.91. The highest BCUT2D eigenvalue weighted by Crippen LogP contribution is 2.29. The second-order valence-corrected chi connectivity index (χ2v) is 8.86. The first kappa shape index (κ1) is 22.5. The number of aromatic nitrogens is 3. The van der Waals surface area contributed by atoms with Gasteiger partial charge in [-0.05, 0) is 41.5 Å². The molecule has 4 rings (SSSR count). The Kier molecular flexibility index (Phi) is 6.14. The molecule has 0 bridgehead atoms. The monoisotopic (exact) mass is 474 g/mol. The molecular formula is C22H17F3N4O3S. The molecule has 11 heteroatoms. The van der Waals surface area contributed by atoms with Crippen molar-refractivity contribution in [3.8, 4) is 11.4 Å². The molecule has 33 heavy (non-hydrogen) atoms. The SMILES string of the molecule is O=S(=O)(Cc1ccc(C(F)(F)F)cc1)Nc1ccccc1Cc1nc(-c2ccncc2)no1. The van der Waals surface area contributed by atoms with Crippen molar-refractivity contribution in [1.29, 1.82) is 0 Å². The maximum absolute atomic E-state index is 12.7. The maximum Gasteiger partial charge on any atom is 0.416 e. The summed E-state index contributed by atoms with van der Waals surface area (Å²) < 4.78 is 71.2. The number of nitrogens with zero attached hydrogens (tertiary/aromatic N) is 3. The average Bonchev–Trinajstić information content (AvgIpc) is 3.24. The lowest BCUT2D eigenvalue weighted by Crippen LogP contribution is -2.16. The average molecular weight is 474 g/mol. The van der Waals surface area contributed by atoms with Gasteiger partial charge in [0.25, 0.3) is 0 Å². The second kappa shape index (κ2) is 9.02. The maximum atomic E-state index is 12.7. The Balaban J connectivity index is 1.49. The van der Waals surface area contributed by atoms with E-state index >= 15 is 0 Å². The third kappa shape index (κ3) is 5.75. The van der Waals surface area contributed by atoms with E-state index in [0.717, 1.165) is 29.8 Å². The van der Waals surface area contributed by atoms with Crippen molar-refractivity contribution >= 4 is 15.7 Å². The Morgan fingerprint density at radius 3 is 2.33 bits per heavy atom. The van der Waals surface area contributed by atoms with E-state index in [1.54, 1.807) is 48.8 Å². The second-order valence-electron chi connectivity index (χ2n) is 7.14. The number of sulfonamides is 1. The van der Waals surface area contributed by atoms with Crippen LogP contribution in [0.25, 0.3) is 11.4 Å². The molecule has 2 aromatic carbocycles. The standard InChI is InChI=1S/C22H17F3N4O3S/c23-22(24,25)18-7-5-15(6-8-18)14-33(30,31)29-19-4-2-1-3-17(19)13-20-27-21(28-32-20)16-9-11-26-12-10-16/h1-12,29H,13-14H2. The van der Waals surface area contributed by atoms with Gasteiger partial charge in [0.1, 0.15) is 0 Å². The van der Waals surface area contributed by atoms with Gasteiger partial charge >= 0.3 is 6.18 Å². The Morgan fingerprint density at radius 1 is 0.939 bits per heavy atom. The van der Waals surface area contributed by atoms with Crippen LogP contribution in [0.5, 0.6) is 0 Å². The smallest absolute Gasteiger partial charge is 0.339 e. The van der Waals surface area contributed by atoms with Gasteiger partial charge in [0.15, 0.2) is 0 Å². The summed E-state index contributed by atoms with van der Waals surface area (Å²) in [4.78, 5) is 8.27. The van der Waals surface area contributed by atoms with Gasteiger partial charge < -0.3 is 4.52 Å². The summed E-state index contributed by atoms with van der Waals surface area (Å²) in [6, 6.07) is 14.2. The number of anilines is 1. The molecule has 2 heterocycles. The molecule has 0 fully saturated rings.